The third-order valence-corrected chi connectivity index (χ3v) is 5.68. The minimum absolute atomic E-state index is 0.311. The lowest BCUT2D eigenvalue weighted by Gasteiger charge is -2.40. The van der Waals surface area contributed by atoms with Gasteiger partial charge in [0.1, 0.15) is 11.6 Å². The topological polar surface area (TPSA) is 67.0 Å². The molecular weight excluding hydrogens is 422 g/mol. The van der Waals surface area contributed by atoms with E-state index in [0.717, 1.165) is 22.4 Å². The van der Waals surface area contributed by atoms with Crippen LogP contribution in [0, 0.1) is 0 Å². The Morgan fingerprint density at radius 1 is 0.853 bits per heavy atom. The summed E-state index contributed by atoms with van der Waals surface area (Å²) in [7, 11) is 0. The molecule has 3 aromatic carbocycles. The van der Waals surface area contributed by atoms with E-state index in [1.165, 1.54) is 0 Å². The maximum absolute atomic E-state index is 13.5. The predicted molar refractivity (Wildman–Crippen MR) is 134 cm³/mol. The number of rotatable bonds is 8. The van der Waals surface area contributed by atoms with Crippen molar-refractivity contribution < 1.29 is 9.53 Å². The summed E-state index contributed by atoms with van der Waals surface area (Å²) in [5, 5.41) is 3.75. The van der Waals surface area contributed by atoms with Gasteiger partial charge in [0, 0.05) is 18.3 Å². The molecule has 0 saturated carbocycles. The van der Waals surface area contributed by atoms with Crippen LogP contribution in [0.4, 0.5) is 0 Å². The third-order valence-electron chi connectivity index (χ3n) is 5.68. The van der Waals surface area contributed by atoms with Crippen LogP contribution in [-0.2, 0) is 21.5 Å². The van der Waals surface area contributed by atoms with Crippen LogP contribution in [0.25, 0.3) is 0 Å². The van der Waals surface area contributed by atoms with Gasteiger partial charge >= 0.3 is 5.97 Å². The van der Waals surface area contributed by atoms with E-state index < -0.39 is 17.2 Å². The predicted octanol–water partition coefficient (Wildman–Crippen LogP) is 5.24. The molecule has 0 fully saturated rings. The van der Waals surface area contributed by atoms with Gasteiger partial charge in [0.25, 0.3) is 0 Å². The standard InChI is InChI=1S/C29H31N3O2/c1-28(2,3)34-27(33)26(19-25-20-30-21-31-25)32-29(22-13-7-4-8-14-22,23-15-9-5-10-16-23)24-17-11-6-12-18-24/h4-18,20-21,26,32H,19H2,1-3H3,(H,30,31)/t26-/m0/s1. The quantitative estimate of drug-likeness (QED) is 0.283. The van der Waals surface area contributed by atoms with Gasteiger partial charge in [-0.1, -0.05) is 91.0 Å². The number of nitrogens with one attached hydrogen (secondary N) is 2. The summed E-state index contributed by atoms with van der Waals surface area (Å²) in [6.07, 6.45) is 3.78. The Morgan fingerprint density at radius 2 is 1.32 bits per heavy atom. The number of H-pyrrole nitrogens is 1. The summed E-state index contributed by atoms with van der Waals surface area (Å²) < 4.78 is 5.87. The Balaban J connectivity index is 1.90. The molecule has 4 rings (SSSR count). The Bertz CT molecular complexity index is 1070. The molecule has 0 amide bonds. The molecule has 174 valence electrons. The van der Waals surface area contributed by atoms with E-state index >= 15 is 0 Å². The van der Waals surface area contributed by atoms with Gasteiger partial charge in [0.05, 0.1) is 11.9 Å². The molecule has 0 unspecified atom stereocenters. The van der Waals surface area contributed by atoms with Crippen molar-refractivity contribution in [1.29, 1.82) is 0 Å². The summed E-state index contributed by atoms with van der Waals surface area (Å²) in [6, 6.07) is 30.1. The number of benzene rings is 3. The van der Waals surface area contributed by atoms with Crippen LogP contribution in [0.5, 0.6) is 0 Å². The fourth-order valence-corrected chi connectivity index (χ4v) is 4.26. The Morgan fingerprint density at radius 3 is 1.71 bits per heavy atom. The van der Waals surface area contributed by atoms with E-state index in [0.29, 0.717) is 6.42 Å². The zero-order chi connectivity index (χ0) is 24.0. The first kappa shape index (κ1) is 23.5. The Kier molecular flexibility index (Phi) is 6.94. The molecule has 2 N–H and O–H groups in total. The van der Waals surface area contributed by atoms with Gasteiger partial charge < -0.3 is 9.72 Å². The van der Waals surface area contributed by atoms with Crippen molar-refractivity contribution in [3.05, 3.63) is 126 Å². The second-order valence-corrected chi connectivity index (χ2v) is 9.36. The average Bonchev–Trinajstić information content (AvgIpc) is 3.36. The molecule has 1 heterocycles. The van der Waals surface area contributed by atoms with Crippen molar-refractivity contribution in [2.45, 2.75) is 44.4 Å². The molecule has 34 heavy (non-hydrogen) atoms. The van der Waals surface area contributed by atoms with Gasteiger partial charge in [-0.2, -0.15) is 0 Å². The van der Waals surface area contributed by atoms with E-state index in [1.807, 2.05) is 75.4 Å². The van der Waals surface area contributed by atoms with Crippen molar-refractivity contribution in [3.8, 4) is 0 Å². The smallest absolute Gasteiger partial charge is 0.324 e. The van der Waals surface area contributed by atoms with Crippen LogP contribution < -0.4 is 5.32 Å². The third kappa shape index (κ3) is 5.26. The highest BCUT2D eigenvalue weighted by atomic mass is 16.6. The first-order chi connectivity index (χ1) is 16.4. The average molecular weight is 454 g/mol. The number of nitrogens with zero attached hydrogens (tertiary/aromatic N) is 1. The van der Waals surface area contributed by atoms with Gasteiger partial charge in [-0.15, -0.1) is 0 Å². The van der Waals surface area contributed by atoms with Gasteiger partial charge in [-0.3, -0.25) is 10.1 Å². The lowest BCUT2D eigenvalue weighted by molar-refractivity contribution is -0.157. The van der Waals surface area contributed by atoms with E-state index in [2.05, 4.69) is 51.7 Å². The van der Waals surface area contributed by atoms with Crippen LogP contribution in [0.2, 0.25) is 0 Å². The zero-order valence-corrected chi connectivity index (χ0v) is 19.9. The normalized spacial score (nSPS) is 12.8. The van der Waals surface area contributed by atoms with Gasteiger partial charge in [-0.25, -0.2) is 4.98 Å². The molecule has 0 aliphatic heterocycles. The minimum atomic E-state index is -0.786. The van der Waals surface area contributed by atoms with Crippen LogP contribution >= 0.6 is 0 Å². The zero-order valence-electron chi connectivity index (χ0n) is 19.9. The molecule has 0 spiro atoms. The van der Waals surface area contributed by atoms with E-state index in [4.69, 9.17) is 4.74 Å². The highest BCUT2D eigenvalue weighted by molar-refractivity contribution is 5.77. The lowest BCUT2D eigenvalue weighted by Crippen LogP contribution is -2.54. The van der Waals surface area contributed by atoms with Crippen LogP contribution in [0.3, 0.4) is 0 Å². The summed E-state index contributed by atoms with van der Waals surface area (Å²) in [5.41, 5.74) is 2.55. The molecule has 5 heteroatoms. The highest BCUT2D eigenvalue weighted by Gasteiger charge is 2.41. The minimum Gasteiger partial charge on any atom is -0.459 e. The molecule has 1 aromatic heterocycles. The second-order valence-electron chi connectivity index (χ2n) is 9.36. The van der Waals surface area contributed by atoms with Crippen molar-refractivity contribution in [3.63, 3.8) is 0 Å². The number of hydrogen-bond donors (Lipinski definition) is 2. The molecule has 0 aliphatic carbocycles. The number of aromatic nitrogens is 2. The molecule has 0 aliphatic rings. The van der Waals surface area contributed by atoms with Crippen molar-refractivity contribution in [2.75, 3.05) is 0 Å². The Hall–Kier alpha value is -3.70. The molecule has 1 atom stereocenters. The highest BCUT2D eigenvalue weighted by Crippen LogP contribution is 2.37. The van der Waals surface area contributed by atoms with Crippen molar-refractivity contribution in [2.24, 2.45) is 0 Å². The molecule has 0 bridgehead atoms. The van der Waals surface area contributed by atoms with E-state index in [1.54, 1.807) is 12.5 Å². The molecule has 0 saturated heterocycles. The summed E-state index contributed by atoms with van der Waals surface area (Å²) >= 11 is 0. The van der Waals surface area contributed by atoms with Crippen LogP contribution in [0.15, 0.2) is 104 Å². The second kappa shape index (κ2) is 10.1. The fraction of sp³-hybridized carbons (Fsp3) is 0.241. The number of imidazole rings is 1. The van der Waals surface area contributed by atoms with Gasteiger partial charge in [0.2, 0.25) is 0 Å². The Labute approximate surface area is 201 Å². The lowest BCUT2D eigenvalue weighted by atomic mass is 9.76. The van der Waals surface area contributed by atoms with E-state index in [9.17, 15) is 4.79 Å². The fourth-order valence-electron chi connectivity index (χ4n) is 4.26. The van der Waals surface area contributed by atoms with Gasteiger partial charge in [0.15, 0.2) is 0 Å². The maximum Gasteiger partial charge on any atom is 0.324 e. The number of carbonyl (C=O) groups excluding carboxylic acids is 1. The first-order valence-electron chi connectivity index (χ1n) is 11.5. The molecule has 4 aromatic rings. The molecular formula is C29H31N3O2. The van der Waals surface area contributed by atoms with Crippen LogP contribution in [0.1, 0.15) is 43.2 Å². The maximum atomic E-state index is 13.5. The molecule has 0 radical (unpaired) electrons. The monoisotopic (exact) mass is 453 g/mol. The number of hydrogen-bond acceptors (Lipinski definition) is 4. The van der Waals surface area contributed by atoms with Crippen molar-refractivity contribution in [1.82, 2.24) is 15.3 Å². The largest absolute Gasteiger partial charge is 0.459 e. The van der Waals surface area contributed by atoms with Crippen molar-refractivity contribution >= 4 is 5.97 Å². The SMILES string of the molecule is CC(C)(C)OC(=O)[C@H](Cc1cnc[nH]1)NC(c1ccccc1)(c1ccccc1)c1ccccc1. The molecule has 5 nitrogen and oxygen atoms in total. The first-order valence-corrected chi connectivity index (χ1v) is 11.5. The number of carbonyl (C=O) groups is 1. The van der Waals surface area contributed by atoms with E-state index in [-0.39, 0.29) is 5.97 Å². The summed E-state index contributed by atoms with van der Waals surface area (Å²) in [5.74, 6) is -0.311. The van der Waals surface area contributed by atoms with Gasteiger partial charge in [-0.05, 0) is 37.5 Å². The van der Waals surface area contributed by atoms with Crippen LogP contribution in [-0.4, -0.2) is 27.6 Å². The number of esters is 1. The summed E-state index contributed by atoms with van der Waals surface area (Å²) in [4.78, 5) is 20.8. The summed E-state index contributed by atoms with van der Waals surface area (Å²) in [6.45, 7) is 5.66. The number of aromatic amines is 1. The number of ether oxygens (including phenoxy) is 1.